The van der Waals surface area contributed by atoms with Crippen molar-refractivity contribution < 1.29 is 4.74 Å². The largest absolute Gasteiger partial charge is 0.494 e. The van der Waals surface area contributed by atoms with Gasteiger partial charge in [-0.1, -0.05) is 0 Å². The molecule has 0 aliphatic carbocycles. The molecule has 1 aromatic carbocycles. The van der Waals surface area contributed by atoms with Crippen molar-refractivity contribution in [2.75, 3.05) is 42.2 Å². The van der Waals surface area contributed by atoms with Crippen LogP contribution in [0.4, 0.5) is 17.1 Å². The van der Waals surface area contributed by atoms with Crippen LogP contribution < -0.4 is 19.7 Å². The van der Waals surface area contributed by atoms with E-state index in [0.717, 1.165) is 48.6 Å². The number of hydrogen-bond donors (Lipinski definition) is 3. The molecule has 1 fully saturated rings. The molecule has 0 radical (unpaired) electrons. The Morgan fingerprint density at radius 1 is 1.31 bits per heavy atom. The van der Waals surface area contributed by atoms with Gasteiger partial charge in [-0.05, 0) is 36.9 Å². The minimum Gasteiger partial charge on any atom is -0.494 e. The summed E-state index contributed by atoms with van der Waals surface area (Å²) in [6.07, 6.45) is 7.56. The first-order valence-corrected chi connectivity index (χ1v) is 9.58. The number of nitrogens with zero attached hydrogens (tertiary/aromatic N) is 3. The fourth-order valence-corrected chi connectivity index (χ4v) is 4.14. The summed E-state index contributed by atoms with van der Waals surface area (Å²) in [6.45, 7) is 2.06. The number of anilines is 3. The average Bonchev–Trinajstić information content (AvgIpc) is 3.12. The molecule has 3 rings (SSSR count). The molecule has 7 nitrogen and oxygen atoms in total. The molecule has 0 bridgehead atoms. The first kappa shape index (κ1) is 18.4. The summed E-state index contributed by atoms with van der Waals surface area (Å²) in [7, 11) is 5.48. The van der Waals surface area contributed by atoms with Crippen LogP contribution in [-0.2, 0) is 7.05 Å². The van der Waals surface area contributed by atoms with Crippen LogP contribution in [-0.4, -0.2) is 48.5 Å². The lowest BCUT2D eigenvalue weighted by atomic mass is 10.1. The average molecular weight is 375 g/mol. The van der Waals surface area contributed by atoms with E-state index in [9.17, 15) is 0 Å². The molecular weight excluding hydrogens is 348 g/mol. The Morgan fingerprint density at radius 3 is 2.65 bits per heavy atom. The maximum absolute atomic E-state index is 7.59. The lowest BCUT2D eigenvalue weighted by Crippen LogP contribution is -2.35. The van der Waals surface area contributed by atoms with E-state index < -0.39 is 0 Å². The lowest BCUT2D eigenvalue weighted by molar-refractivity contribution is 0.417. The normalized spacial score (nSPS) is 15.0. The van der Waals surface area contributed by atoms with Crippen LogP contribution in [0.5, 0.6) is 5.75 Å². The quantitative estimate of drug-likeness (QED) is 0.510. The summed E-state index contributed by atoms with van der Waals surface area (Å²) < 4.78 is 10.8. The zero-order chi connectivity index (χ0) is 18.5. The fourth-order valence-electron chi connectivity index (χ4n) is 3.21. The first-order chi connectivity index (χ1) is 12.7. The van der Waals surface area contributed by atoms with Gasteiger partial charge in [-0.25, -0.2) is 0 Å². The van der Waals surface area contributed by atoms with Gasteiger partial charge in [-0.2, -0.15) is 5.10 Å². The van der Waals surface area contributed by atoms with Gasteiger partial charge < -0.3 is 25.1 Å². The molecule has 0 spiro atoms. The van der Waals surface area contributed by atoms with Gasteiger partial charge in [0.25, 0.3) is 0 Å². The Labute approximate surface area is 158 Å². The third-order valence-electron chi connectivity index (χ3n) is 4.65. The summed E-state index contributed by atoms with van der Waals surface area (Å²) in [5, 5.41) is 15.6. The Hall–Kier alpha value is -2.35. The molecule has 3 N–H and O–H groups in total. The molecule has 8 heteroatoms. The van der Waals surface area contributed by atoms with Gasteiger partial charge in [-0.15, -0.1) is 0 Å². The van der Waals surface area contributed by atoms with Gasteiger partial charge in [0, 0.05) is 50.4 Å². The van der Waals surface area contributed by atoms with Crippen LogP contribution in [0.15, 0.2) is 24.5 Å². The Morgan fingerprint density at radius 2 is 2.08 bits per heavy atom. The number of hydrogen-bond acceptors (Lipinski definition) is 7. The third-order valence-corrected chi connectivity index (χ3v) is 5.78. The van der Waals surface area contributed by atoms with Crippen LogP contribution in [0.2, 0.25) is 0 Å². The highest BCUT2D eigenvalue weighted by Crippen LogP contribution is 2.38. The first-order valence-electron chi connectivity index (χ1n) is 8.70. The summed E-state index contributed by atoms with van der Waals surface area (Å²) in [4.78, 5) is 2.39. The van der Waals surface area contributed by atoms with Gasteiger partial charge in [0.1, 0.15) is 11.4 Å². The Bertz CT molecular complexity index is 754. The molecule has 1 saturated heterocycles. The van der Waals surface area contributed by atoms with E-state index in [1.165, 1.54) is 11.9 Å². The van der Waals surface area contributed by atoms with Crippen molar-refractivity contribution in [2.24, 2.45) is 7.05 Å². The van der Waals surface area contributed by atoms with Crippen molar-refractivity contribution in [2.45, 2.75) is 18.1 Å². The second-order valence-corrected chi connectivity index (χ2v) is 7.39. The number of aromatic nitrogens is 2. The third kappa shape index (κ3) is 3.90. The van der Waals surface area contributed by atoms with E-state index in [0.29, 0.717) is 5.25 Å². The molecule has 0 amide bonds. The van der Waals surface area contributed by atoms with Crippen LogP contribution >= 0.6 is 11.9 Å². The topological polar surface area (TPSA) is 78.2 Å². The summed E-state index contributed by atoms with van der Waals surface area (Å²) in [5.41, 5.74) is 3.82. The summed E-state index contributed by atoms with van der Waals surface area (Å²) in [5.74, 6) is 0.778. The predicted molar refractivity (Wildman–Crippen MR) is 110 cm³/mol. The van der Waals surface area contributed by atoms with Gasteiger partial charge in [-0.3, -0.25) is 4.68 Å². The van der Waals surface area contributed by atoms with E-state index in [1.54, 1.807) is 19.1 Å². The highest BCUT2D eigenvalue weighted by molar-refractivity contribution is 8.01. The SMILES string of the molecule is CNc1c(C=N)ccc(OC)c1NSC1CCN(c2cnn(C)c2)CC1. The number of benzene rings is 1. The molecular formula is C18H26N6OS. The predicted octanol–water partition coefficient (Wildman–Crippen LogP) is 3.20. The molecule has 0 atom stereocenters. The van der Waals surface area contributed by atoms with Gasteiger partial charge in [0.05, 0.1) is 24.7 Å². The van der Waals surface area contributed by atoms with E-state index in [-0.39, 0.29) is 0 Å². The van der Waals surface area contributed by atoms with Gasteiger partial charge in [0.2, 0.25) is 0 Å². The number of nitrogens with one attached hydrogen (secondary N) is 3. The summed E-state index contributed by atoms with van der Waals surface area (Å²) >= 11 is 1.74. The highest BCUT2D eigenvalue weighted by Gasteiger charge is 2.22. The van der Waals surface area contributed by atoms with Crippen LogP contribution in [0.25, 0.3) is 0 Å². The minimum absolute atomic E-state index is 0.529. The maximum Gasteiger partial charge on any atom is 0.144 e. The fraction of sp³-hybridized carbons (Fsp3) is 0.444. The maximum atomic E-state index is 7.59. The standard InChI is InChI=1S/C18H26N6OS/c1-20-17-13(10-19)4-5-16(25-3)18(17)22-26-15-6-8-24(9-7-15)14-11-21-23(2)12-14/h4-5,10-12,15,19-20,22H,6-9H2,1-3H3. The van der Waals surface area contributed by atoms with Crippen molar-refractivity contribution in [1.82, 2.24) is 9.78 Å². The zero-order valence-corrected chi connectivity index (χ0v) is 16.3. The number of aryl methyl sites for hydroxylation is 1. The highest BCUT2D eigenvalue weighted by atomic mass is 32.2. The molecule has 1 aliphatic heterocycles. The van der Waals surface area contributed by atoms with Crippen LogP contribution in [0, 0.1) is 5.41 Å². The molecule has 2 aromatic rings. The van der Waals surface area contributed by atoms with Crippen LogP contribution in [0.3, 0.4) is 0 Å². The van der Waals surface area contributed by atoms with Crippen molar-refractivity contribution in [3.05, 3.63) is 30.1 Å². The number of methoxy groups -OCH3 is 1. The van der Waals surface area contributed by atoms with E-state index in [4.69, 9.17) is 10.1 Å². The smallest absolute Gasteiger partial charge is 0.144 e. The van der Waals surface area contributed by atoms with Gasteiger partial charge >= 0.3 is 0 Å². The van der Waals surface area contributed by atoms with E-state index in [1.807, 2.05) is 37.1 Å². The molecule has 0 saturated carbocycles. The summed E-state index contributed by atoms with van der Waals surface area (Å²) in [6, 6.07) is 3.79. The monoisotopic (exact) mass is 374 g/mol. The number of piperidine rings is 1. The van der Waals surface area contributed by atoms with Gasteiger partial charge in [0.15, 0.2) is 0 Å². The second-order valence-electron chi connectivity index (χ2n) is 6.28. The Kier molecular flexibility index (Phi) is 5.92. The van der Waals surface area contributed by atoms with Crippen molar-refractivity contribution >= 4 is 35.2 Å². The van der Waals surface area contributed by atoms with E-state index >= 15 is 0 Å². The van der Waals surface area contributed by atoms with Crippen molar-refractivity contribution in [3.63, 3.8) is 0 Å². The van der Waals surface area contributed by atoms with Crippen LogP contribution in [0.1, 0.15) is 18.4 Å². The molecule has 26 heavy (non-hydrogen) atoms. The molecule has 140 valence electrons. The molecule has 1 aliphatic rings. The van der Waals surface area contributed by atoms with Crippen molar-refractivity contribution in [3.8, 4) is 5.75 Å². The second kappa shape index (κ2) is 8.35. The zero-order valence-electron chi connectivity index (χ0n) is 15.5. The van der Waals surface area contributed by atoms with E-state index in [2.05, 4.69) is 26.2 Å². The minimum atomic E-state index is 0.529. The molecule has 1 aromatic heterocycles. The number of rotatable bonds is 7. The lowest BCUT2D eigenvalue weighted by Gasteiger charge is -2.32. The Balaban J connectivity index is 1.62. The van der Waals surface area contributed by atoms with Crippen molar-refractivity contribution in [1.29, 1.82) is 5.41 Å². The molecule has 2 heterocycles. The molecule has 0 unspecified atom stereocenters. The number of ether oxygens (including phenoxy) is 1.